The largest absolute Gasteiger partial charge is 0.463 e. The second-order valence-electron chi connectivity index (χ2n) is 6.06. The molecule has 29 heavy (non-hydrogen) atoms. The van der Waals surface area contributed by atoms with Gasteiger partial charge in [-0.3, -0.25) is 0 Å². The predicted molar refractivity (Wildman–Crippen MR) is 109 cm³/mol. The maximum Gasteiger partial charge on any atom is 0.338 e. The van der Waals surface area contributed by atoms with Gasteiger partial charge in [0, 0.05) is 5.02 Å². The van der Waals surface area contributed by atoms with Gasteiger partial charge in [0.2, 0.25) is 5.88 Å². The fraction of sp³-hybridized carbons (Fsp3) is 0.200. The van der Waals surface area contributed by atoms with E-state index in [2.05, 4.69) is 0 Å². The van der Waals surface area contributed by atoms with Crippen LogP contribution in [-0.4, -0.2) is 12.6 Å². The molecule has 9 heteroatoms. The normalized spacial score (nSPS) is 16.5. The van der Waals surface area contributed by atoms with Gasteiger partial charge in [-0.05, 0) is 38.1 Å². The quantitative estimate of drug-likeness (QED) is 0.609. The standard InChI is InChI=1S/C20H15Cl3N2O4/c1-3-27-20(26)16-9(2)28-19(25)11(8-24)17(16)14-4-5-15(29-14)18-12(22)6-10(21)7-13(18)23/h4-7,17H,3,25H2,1-2H3/t17-/m1/s1. The number of halogens is 3. The lowest BCUT2D eigenvalue weighted by molar-refractivity contribution is -0.139. The Morgan fingerprint density at radius 2 is 1.93 bits per heavy atom. The maximum absolute atomic E-state index is 12.6. The van der Waals surface area contributed by atoms with Gasteiger partial charge < -0.3 is 19.6 Å². The van der Waals surface area contributed by atoms with Gasteiger partial charge in [-0.1, -0.05) is 34.8 Å². The Kier molecular flexibility index (Phi) is 6.13. The van der Waals surface area contributed by atoms with E-state index in [1.54, 1.807) is 26.0 Å². The van der Waals surface area contributed by atoms with Gasteiger partial charge in [0.05, 0.1) is 33.7 Å². The molecule has 2 aromatic rings. The molecule has 0 bridgehead atoms. The van der Waals surface area contributed by atoms with E-state index >= 15 is 0 Å². The van der Waals surface area contributed by atoms with Crippen molar-refractivity contribution >= 4 is 40.8 Å². The van der Waals surface area contributed by atoms with E-state index in [4.69, 9.17) is 54.4 Å². The average molecular weight is 454 g/mol. The summed E-state index contributed by atoms with van der Waals surface area (Å²) in [4.78, 5) is 12.6. The van der Waals surface area contributed by atoms with Crippen LogP contribution < -0.4 is 5.73 Å². The topological polar surface area (TPSA) is 98.5 Å². The van der Waals surface area contributed by atoms with E-state index in [1.807, 2.05) is 6.07 Å². The van der Waals surface area contributed by atoms with E-state index in [1.165, 1.54) is 12.1 Å². The Labute approximate surface area is 182 Å². The van der Waals surface area contributed by atoms with Gasteiger partial charge in [-0.2, -0.15) is 5.26 Å². The smallest absolute Gasteiger partial charge is 0.338 e. The molecule has 0 unspecified atom stereocenters. The Balaban J connectivity index is 2.14. The molecule has 0 aliphatic carbocycles. The Morgan fingerprint density at radius 1 is 1.28 bits per heavy atom. The summed E-state index contributed by atoms with van der Waals surface area (Å²) in [5, 5.41) is 10.6. The van der Waals surface area contributed by atoms with Crippen LogP contribution in [0.25, 0.3) is 11.3 Å². The fourth-order valence-corrected chi connectivity index (χ4v) is 4.06. The minimum Gasteiger partial charge on any atom is -0.463 e. The summed E-state index contributed by atoms with van der Waals surface area (Å²) in [6.45, 7) is 3.40. The van der Waals surface area contributed by atoms with E-state index < -0.39 is 11.9 Å². The molecule has 0 saturated heterocycles. The highest BCUT2D eigenvalue weighted by Crippen LogP contribution is 2.43. The van der Waals surface area contributed by atoms with Gasteiger partial charge in [0.1, 0.15) is 28.9 Å². The molecule has 6 nitrogen and oxygen atoms in total. The minimum atomic E-state index is -0.897. The SMILES string of the molecule is CCOC(=O)C1=C(C)OC(N)=C(C#N)[C@@H]1c1ccc(-c2c(Cl)cc(Cl)cc2Cl)o1. The summed E-state index contributed by atoms with van der Waals surface area (Å²) in [7, 11) is 0. The first-order chi connectivity index (χ1) is 13.8. The third-order valence-corrected chi connectivity index (χ3v) is 5.08. The molecule has 0 saturated carbocycles. The number of hydrogen-bond donors (Lipinski definition) is 1. The van der Waals surface area contributed by atoms with Crippen molar-refractivity contribution in [1.29, 1.82) is 5.26 Å². The molecule has 0 spiro atoms. The molecule has 1 aliphatic rings. The summed E-state index contributed by atoms with van der Waals surface area (Å²) >= 11 is 18.5. The molecule has 3 rings (SSSR count). The first-order valence-corrected chi connectivity index (χ1v) is 9.62. The number of hydrogen-bond acceptors (Lipinski definition) is 6. The summed E-state index contributed by atoms with van der Waals surface area (Å²) in [6, 6.07) is 8.31. The number of esters is 1. The van der Waals surface area contributed by atoms with E-state index in [-0.39, 0.29) is 35.2 Å². The second-order valence-corrected chi connectivity index (χ2v) is 7.31. The van der Waals surface area contributed by atoms with Gasteiger partial charge in [-0.25, -0.2) is 4.79 Å². The molecular weight excluding hydrogens is 439 g/mol. The number of nitrogens with two attached hydrogens (primary N) is 1. The van der Waals surface area contributed by atoms with Crippen LogP contribution in [-0.2, 0) is 14.3 Å². The van der Waals surface area contributed by atoms with Crippen LogP contribution in [0.3, 0.4) is 0 Å². The predicted octanol–water partition coefficient (Wildman–Crippen LogP) is 5.55. The van der Waals surface area contributed by atoms with Crippen molar-refractivity contribution in [1.82, 2.24) is 0 Å². The third kappa shape index (κ3) is 3.95. The number of benzene rings is 1. The lowest BCUT2D eigenvalue weighted by atomic mass is 9.87. The monoisotopic (exact) mass is 452 g/mol. The number of ether oxygens (including phenoxy) is 2. The molecule has 0 radical (unpaired) electrons. The van der Waals surface area contributed by atoms with Crippen molar-refractivity contribution in [3.63, 3.8) is 0 Å². The molecule has 0 fully saturated rings. The van der Waals surface area contributed by atoms with Crippen LogP contribution in [0.15, 0.2) is 51.5 Å². The summed E-state index contributed by atoms with van der Waals surface area (Å²) in [5.41, 5.74) is 6.48. The van der Waals surface area contributed by atoms with Gasteiger partial charge in [0.25, 0.3) is 0 Å². The number of nitriles is 1. The zero-order chi connectivity index (χ0) is 21.3. The average Bonchev–Trinajstić information content (AvgIpc) is 3.09. The van der Waals surface area contributed by atoms with Crippen LogP contribution in [0.4, 0.5) is 0 Å². The molecule has 1 aromatic carbocycles. The first-order valence-electron chi connectivity index (χ1n) is 8.48. The molecule has 2 heterocycles. The van der Waals surface area contributed by atoms with Gasteiger partial charge in [-0.15, -0.1) is 0 Å². The number of carbonyl (C=O) groups excluding carboxylic acids is 1. The van der Waals surface area contributed by atoms with Crippen LogP contribution in [0.5, 0.6) is 0 Å². The highest BCUT2D eigenvalue weighted by Gasteiger charge is 2.38. The van der Waals surface area contributed by atoms with E-state index in [9.17, 15) is 10.1 Å². The van der Waals surface area contributed by atoms with Crippen LogP contribution in [0.1, 0.15) is 25.5 Å². The number of furan rings is 1. The fourth-order valence-electron chi connectivity index (χ4n) is 3.06. The Hall–Kier alpha value is -2.59. The molecule has 150 valence electrons. The van der Waals surface area contributed by atoms with Gasteiger partial charge in [0.15, 0.2) is 0 Å². The van der Waals surface area contributed by atoms with Crippen molar-refractivity contribution in [2.45, 2.75) is 19.8 Å². The zero-order valence-electron chi connectivity index (χ0n) is 15.4. The molecule has 0 amide bonds. The molecule has 1 aromatic heterocycles. The summed E-state index contributed by atoms with van der Waals surface area (Å²) in [6.07, 6.45) is 0. The first kappa shape index (κ1) is 21.1. The number of nitrogens with zero attached hydrogens (tertiary/aromatic N) is 1. The highest BCUT2D eigenvalue weighted by atomic mass is 35.5. The van der Waals surface area contributed by atoms with Crippen LogP contribution in [0.2, 0.25) is 15.1 Å². The Bertz CT molecular complexity index is 1070. The zero-order valence-corrected chi connectivity index (χ0v) is 17.7. The number of allylic oxidation sites excluding steroid dienone is 2. The summed E-state index contributed by atoms with van der Waals surface area (Å²) in [5.74, 6) is -0.779. The third-order valence-electron chi connectivity index (χ3n) is 4.27. The van der Waals surface area contributed by atoms with Crippen LogP contribution in [0, 0.1) is 11.3 Å². The number of carbonyl (C=O) groups is 1. The minimum absolute atomic E-state index is 0.0350. The van der Waals surface area contributed by atoms with Gasteiger partial charge >= 0.3 is 5.97 Å². The van der Waals surface area contributed by atoms with Crippen molar-refractivity contribution in [3.05, 3.63) is 67.9 Å². The molecular formula is C20H15Cl3N2O4. The van der Waals surface area contributed by atoms with E-state index in [0.29, 0.717) is 26.4 Å². The molecule has 1 aliphatic heterocycles. The molecule has 2 N–H and O–H groups in total. The van der Waals surface area contributed by atoms with Crippen molar-refractivity contribution in [3.8, 4) is 17.4 Å². The highest BCUT2D eigenvalue weighted by molar-refractivity contribution is 6.41. The summed E-state index contributed by atoms with van der Waals surface area (Å²) < 4.78 is 16.5. The van der Waals surface area contributed by atoms with Crippen molar-refractivity contribution < 1.29 is 18.7 Å². The van der Waals surface area contributed by atoms with Crippen LogP contribution >= 0.6 is 34.8 Å². The van der Waals surface area contributed by atoms with Crippen molar-refractivity contribution in [2.75, 3.05) is 6.61 Å². The number of rotatable bonds is 4. The lowest BCUT2D eigenvalue weighted by Crippen LogP contribution is -2.25. The molecule has 1 atom stereocenters. The van der Waals surface area contributed by atoms with Crippen molar-refractivity contribution in [2.24, 2.45) is 5.73 Å². The Morgan fingerprint density at radius 3 is 2.52 bits per heavy atom. The lowest BCUT2D eigenvalue weighted by Gasteiger charge is -2.25. The maximum atomic E-state index is 12.6. The second kappa shape index (κ2) is 8.42. The van der Waals surface area contributed by atoms with E-state index in [0.717, 1.165) is 0 Å².